The molecule has 0 spiro atoms. The van der Waals surface area contributed by atoms with Crippen LogP contribution in [0.2, 0.25) is 5.02 Å². The Kier molecular flexibility index (Phi) is 6.43. The predicted octanol–water partition coefficient (Wildman–Crippen LogP) is 4.21. The summed E-state index contributed by atoms with van der Waals surface area (Å²) in [6, 6.07) is 19.7. The van der Waals surface area contributed by atoms with Crippen molar-refractivity contribution in [2.45, 2.75) is 11.0 Å². The van der Waals surface area contributed by atoms with E-state index in [-0.39, 0.29) is 22.5 Å². The molecule has 10 heteroatoms. The second kappa shape index (κ2) is 9.25. The summed E-state index contributed by atoms with van der Waals surface area (Å²) in [7, 11) is -3.82. The molecule has 0 fully saturated rings. The summed E-state index contributed by atoms with van der Waals surface area (Å²) in [6.45, 7) is 0.0652. The van der Waals surface area contributed by atoms with Crippen LogP contribution in [0, 0.1) is 0 Å². The molecule has 0 bridgehead atoms. The lowest BCUT2D eigenvalue weighted by molar-refractivity contribution is 0.0916. The number of nitrogens with zero attached hydrogens (tertiary/aromatic N) is 1. The highest BCUT2D eigenvalue weighted by Crippen LogP contribution is 2.29. The number of nitrogens with one attached hydrogen (secondary N) is 2. The Morgan fingerprint density at radius 3 is 2.50 bits per heavy atom. The van der Waals surface area contributed by atoms with Crippen LogP contribution in [0.25, 0.3) is 10.2 Å². The van der Waals surface area contributed by atoms with E-state index < -0.39 is 16.1 Å². The van der Waals surface area contributed by atoms with Crippen LogP contribution in [0.3, 0.4) is 0 Å². The zero-order chi connectivity index (χ0) is 22.7. The van der Waals surface area contributed by atoms with Crippen LogP contribution >= 0.6 is 22.9 Å². The average Bonchev–Trinajstić information content (AvgIpc) is 3.18. The maximum atomic E-state index is 12.6. The number of carbonyl (C=O) groups excluding carboxylic acids is 1. The molecule has 1 amide bonds. The third-order valence-corrected chi connectivity index (χ3v) is 7.31. The molecule has 1 heterocycles. The molecule has 1 unspecified atom stereocenters. The number of benzene rings is 3. The Bertz CT molecular complexity index is 1360. The van der Waals surface area contributed by atoms with E-state index in [0.717, 1.165) is 11.3 Å². The molecule has 7 nitrogen and oxygen atoms in total. The number of aliphatic hydroxyl groups is 1. The molecule has 0 aliphatic rings. The number of anilines is 1. The van der Waals surface area contributed by atoms with Gasteiger partial charge in [-0.15, -0.1) is 0 Å². The van der Waals surface area contributed by atoms with Gasteiger partial charge in [-0.05, 0) is 48.0 Å². The lowest BCUT2D eigenvalue weighted by atomic mass is 10.1. The van der Waals surface area contributed by atoms with Gasteiger partial charge in [0.05, 0.1) is 21.2 Å². The first-order chi connectivity index (χ1) is 15.3. The lowest BCUT2D eigenvalue weighted by Crippen LogP contribution is -2.28. The van der Waals surface area contributed by atoms with E-state index in [2.05, 4.69) is 15.0 Å². The van der Waals surface area contributed by atoms with Gasteiger partial charge in [0.2, 0.25) is 0 Å². The monoisotopic (exact) mass is 487 g/mol. The van der Waals surface area contributed by atoms with Crippen LogP contribution in [0.5, 0.6) is 0 Å². The summed E-state index contributed by atoms with van der Waals surface area (Å²) in [6.07, 6.45) is -0.818. The van der Waals surface area contributed by atoms with Gasteiger partial charge in [-0.1, -0.05) is 53.3 Å². The zero-order valence-electron chi connectivity index (χ0n) is 16.5. The second-order valence-corrected chi connectivity index (χ2v) is 10.0. The van der Waals surface area contributed by atoms with Crippen LogP contribution in [0.1, 0.15) is 22.0 Å². The standard InChI is InChI=1S/C22H18ClN3O4S2/c23-16-7-9-17(10-8-16)32(29,30)26-22-25-18-11-6-15(12-20(18)31-22)21(28)24-13-19(27)14-4-2-1-3-5-14/h1-12,19,27H,13H2,(H,24,28)(H,25,26). The number of rotatable bonds is 7. The first-order valence-corrected chi connectivity index (χ1v) is 12.2. The molecule has 0 aliphatic carbocycles. The van der Waals surface area contributed by atoms with Crippen molar-refractivity contribution in [1.82, 2.24) is 10.3 Å². The number of aromatic nitrogens is 1. The fourth-order valence-corrected chi connectivity index (χ4v) is 5.25. The van der Waals surface area contributed by atoms with Gasteiger partial charge in [-0.2, -0.15) is 0 Å². The van der Waals surface area contributed by atoms with Crippen molar-refractivity contribution in [2.75, 3.05) is 11.3 Å². The van der Waals surface area contributed by atoms with Gasteiger partial charge < -0.3 is 10.4 Å². The first-order valence-electron chi connectivity index (χ1n) is 9.52. The minimum absolute atomic E-state index is 0.0652. The van der Waals surface area contributed by atoms with Gasteiger partial charge in [-0.3, -0.25) is 9.52 Å². The normalized spacial score (nSPS) is 12.4. The lowest BCUT2D eigenvalue weighted by Gasteiger charge is -2.12. The van der Waals surface area contributed by atoms with E-state index in [0.29, 0.717) is 26.4 Å². The Morgan fingerprint density at radius 1 is 1.06 bits per heavy atom. The van der Waals surface area contributed by atoms with Crippen molar-refractivity contribution >= 4 is 54.2 Å². The van der Waals surface area contributed by atoms with Gasteiger partial charge in [0, 0.05) is 17.1 Å². The van der Waals surface area contributed by atoms with Crippen molar-refractivity contribution < 1.29 is 18.3 Å². The van der Waals surface area contributed by atoms with Crippen LogP contribution in [-0.2, 0) is 10.0 Å². The molecule has 4 aromatic rings. The molecule has 1 atom stereocenters. The van der Waals surface area contributed by atoms with E-state index in [1.807, 2.05) is 18.2 Å². The van der Waals surface area contributed by atoms with E-state index >= 15 is 0 Å². The van der Waals surface area contributed by atoms with E-state index in [1.54, 1.807) is 30.3 Å². The predicted molar refractivity (Wildman–Crippen MR) is 126 cm³/mol. The largest absolute Gasteiger partial charge is 0.387 e. The molecule has 4 rings (SSSR count). The van der Waals surface area contributed by atoms with Crippen molar-refractivity contribution in [3.8, 4) is 0 Å². The summed E-state index contributed by atoms with van der Waals surface area (Å²) in [4.78, 5) is 16.9. The minimum atomic E-state index is -3.82. The Balaban J connectivity index is 1.46. The van der Waals surface area contributed by atoms with Crippen molar-refractivity contribution in [2.24, 2.45) is 0 Å². The summed E-state index contributed by atoms with van der Waals surface area (Å²) in [5, 5.41) is 13.5. The Labute approximate surface area is 193 Å². The number of amides is 1. The number of aliphatic hydroxyl groups excluding tert-OH is 1. The fraction of sp³-hybridized carbons (Fsp3) is 0.0909. The number of sulfonamides is 1. The maximum absolute atomic E-state index is 12.6. The molecule has 164 valence electrons. The molecule has 0 saturated carbocycles. The van der Waals surface area contributed by atoms with Gasteiger partial charge in [0.25, 0.3) is 15.9 Å². The Hall–Kier alpha value is -2.98. The number of thiazole rings is 1. The van der Waals surface area contributed by atoms with Gasteiger partial charge in [0.1, 0.15) is 0 Å². The molecule has 32 heavy (non-hydrogen) atoms. The van der Waals surface area contributed by atoms with Crippen LogP contribution in [-0.4, -0.2) is 31.0 Å². The quantitative estimate of drug-likeness (QED) is 0.362. The topological polar surface area (TPSA) is 108 Å². The van der Waals surface area contributed by atoms with Crippen molar-refractivity contribution in [1.29, 1.82) is 0 Å². The molecule has 0 aliphatic heterocycles. The van der Waals surface area contributed by atoms with Crippen molar-refractivity contribution in [3.63, 3.8) is 0 Å². The average molecular weight is 488 g/mol. The minimum Gasteiger partial charge on any atom is -0.387 e. The number of hydrogen-bond donors (Lipinski definition) is 3. The smallest absolute Gasteiger partial charge is 0.263 e. The number of halogens is 1. The van der Waals surface area contributed by atoms with Gasteiger partial charge in [0.15, 0.2) is 5.13 Å². The Morgan fingerprint density at radius 2 is 1.78 bits per heavy atom. The summed E-state index contributed by atoms with van der Waals surface area (Å²) in [5.74, 6) is -0.349. The highest BCUT2D eigenvalue weighted by atomic mass is 35.5. The first kappa shape index (κ1) is 22.2. The second-order valence-electron chi connectivity index (χ2n) is 6.90. The fourth-order valence-electron chi connectivity index (χ4n) is 2.98. The highest BCUT2D eigenvalue weighted by molar-refractivity contribution is 7.93. The SMILES string of the molecule is O=C(NCC(O)c1ccccc1)c1ccc2nc(NS(=O)(=O)c3ccc(Cl)cc3)sc2c1. The molecular weight excluding hydrogens is 470 g/mol. The molecule has 3 aromatic carbocycles. The third kappa shape index (κ3) is 5.08. The summed E-state index contributed by atoms with van der Waals surface area (Å²) >= 11 is 6.93. The summed E-state index contributed by atoms with van der Waals surface area (Å²) < 4.78 is 28.2. The third-order valence-electron chi connectivity index (χ3n) is 4.64. The van der Waals surface area contributed by atoms with Gasteiger partial charge >= 0.3 is 0 Å². The molecule has 0 saturated heterocycles. The van der Waals surface area contributed by atoms with Gasteiger partial charge in [-0.25, -0.2) is 13.4 Å². The van der Waals surface area contributed by atoms with E-state index in [9.17, 15) is 18.3 Å². The van der Waals surface area contributed by atoms with Crippen LogP contribution in [0.15, 0.2) is 77.7 Å². The molecule has 1 aromatic heterocycles. The van der Waals surface area contributed by atoms with Crippen molar-refractivity contribution in [3.05, 3.63) is 88.9 Å². The molecule has 0 radical (unpaired) electrons. The number of fused-ring (bicyclic) bond motifs is 1. The maximum Gasteiger partial charge on any atom is 0.263 e. The van der Waals surface area contributed by atoms with Crippen LogP contribution in [0.4, 0.5) is 5.13 Å². The molecule has 3 N–H and O–H groups in total. The van der Waals surface area contributed by atoms with Crippen LogP contribution < -0.4 is 10.0 Å². The summed E-state index contributed by atoms with van der Waals surface area (Å²) in [5.41, 5.74) is 1.65. The van der Waals surface area contributed by atoms with E-state index in [1.165, 1.54) is 24.3 Å². The number of hydrogen-bond acceptors (Lipinski definition) is 6. The van der Waals surface area contributed by atoms with E-state index in [4.69, 9.17) is 11.6 Å². The number of carbonyl (C=O) groups is 1. The molecular formula is C22H18ClN3O4S2. The highest BCUT2D eigenvalue weighted by Gasteiger charge is 2.17. The zero-order valence-corrected chi connectivity index (χ0v) is 18.9.